The maximum Gasteiger partial charge on any atom is 0.180 e. The first-order valence-electron chi connectivity index (χ1n) is 3.07. The van der Waals surface area contributed by atoms with Gasteiger partial charge < -0.3 is 5.11 Å². The SMILES string of the molecule is Oc1ccccc1C1NO1.[Zr]. The fraction of sp³-hybridized carbons (Fsp3) is 0.143. The second kappa shape index (κ2) is 3.48. The number of hydrogen-bond donors (Lipinski definition) is 2. The number of rotatable bonds is 1. The molecule has 0 amide bonds. The quantitative estimate of drug-likeness (QED) is 0.703. The molecule has 2 N–H and O–H groups in total. The maximum atomic E-state index is 9.20. The maximum absolute atomic E-state index is 9.20. The van der Waals surface area contributed by atoms with E-state index in [0.29, 0.717) is 0 Å². The molecule has 0 spiro atoms. The fourth-order valence-corrected chi connectivity index (χ4v) is 0.870. The van der Waals surface area contributed by atoms with E-state index in [1.54, 1.807) is 12.1 Å². The van der Waals surface area contributed by atoms with Gasteiger partial charge in [0.05, 0.1) is 0 Å². The molecule has 2 rings (SSSR count). The molecule has 1 aliphatic rings. The van der Waals surface area contributed by atoms with Crippen molar-refractivity contribution in [3.8, 4) is 5.75 Å². The molecule has 3 nitrogen and oxygen atoms in total. The second-order valence-corrected chi connectivity index (χ2v) is 2.17. The van der Waals surface area contributed by atoms with Crippen molar-refractivity contribution in [3.05, 3.63) is 29.8 Å². The Kier molecular flexibility index (Phi) is 2.82. The smallest absolute Gasteiger partial charge is 0.180 e. The molecule has 0 radical (unpaired) electrons. The third kappa shape index (κ3) is 1.89. The van der Waals surface area contributed by atoms with Gasteiger partial charge in [-0.05, 0) is 6.07 Å². The number of phenols is 1. The van der Waals surface area contributed by atoms with Crippen LogP contribution in [0.25, 0.3) is 0 Å². The Morgan fingerprint density at radius 1 is 1.36 bits per heavy atom. The zero-order chi connectivity index (χ0) is 6.97. The van der Waals surface area contributed by atoms with Crippen molar-refractivity contribution < 1.29 is 36.1 Å². The standard InChI is InChI=1S/C7H7NO2.Zr/c9-6-4-2-1-3-5(6)7-8-10-7;/h1-4,7-9H;. The zero-order valence-corrected chi connectivity index (χ0v) is 8.20. The van der Waals surface area contributed by atoms with Gasteiger partial charge in [-0.15, -0.1) is 0 Å². The Bertz CT molecular complexity index is 250. The Morgan fingerprint density at radius 3 is 2.55 bits per heavy atom. The van der Waals surface area contributed by atoms with Gasteiger partial charge in [-0.3, -0.25) is 4.84 Å². The van der Waals surface area contributed by atoms with Crippen molar-refractivity contribution >= 4 is 0 Å². The van der Waals surface area contributed by atoms with Crippen LogP contribution >= 0.6 is 0 Å². The first-order chi connectivity index (χ1) is 4.88. The van der Waals surface area contributed by atoms with Crippen LogP contribution in [0.1, 0.15) is 11.8 Å². The molecular weight excluding hydrogens is 221 g/mol. The third-order valence-electron chi connectivity index (χ3n) is 1.45. The van der Waals surface area contributed by atoms with Crippen LogP contribution in [0.2, 0.25) is 0 Å². The largest absolute Gasteiger partial charge is 0.508 e. The average molecular weight is 228 g/mol. The minimum absolute atomic E-state index is 0. The van der Waals surface area contributed by atoms with E-state index in [-0.39, 0.29) is 38.2 Å². The molecule has 1 unspecified atom stereocenters. The molecule has 1 aromatic carbocycles. The summed E-state index contributed by atoms with van der Waals surface area (Å²) in [6.45, 7) is 0. The van der Waals surface area contributed by atoms with E-state index >= 15 is 0 Å². The van der Waals surface area contributed by atoms with Gasteiger partial charge >= 0.3 is 0 Å². The predicted molar refractivity (Wildman–Crippen MR) is 35.1 cm³/mol. The van der Waals surface area contributed by atoms with E-state index in [9.17, 15) is 5.11 Å². The summed E-state index contributed by atoms with van der Waals surface area (Å²) in [6, 6.07) is 7.10. The molecule has 1 aliphatic heterocycles. The number of benzene rings is 1. The zero-order valence-electron chi connectivity index (χ0n) is 5.74. The van der Waals surface area contributed by atoms with Crippen LogP contribution in [-0.4, -0.2) is 5.11 Å². The Morgan fingerprint density at radius 2 is 2.00 bits per heavy atom. The van der Waals surface area contributed by atoms with Crippen LogP contribution in [0.4, 0.5) is 0 Å². The van der Waals surface area contributed by atoms with Crippen LogP contribution in [0.3, 0.4) is 0 Å². The van der Waals surface area contributed by atoms with E-state index in [2.05, 4.69) is 5.48 Å². The van der Waals surface area contributed by atoms with E-state index in [0.717, 1.165) is 5.56 Å². The number of nitrogens with one attached hydrogen (secondary N) is 1. The average Bonchev–Trinajstić information content (AvgIpc) is 2.71. The summed E-state index contributed by atoms with van der Waals surface area (Å²) < 4.78 is 0. The van der Waals surface area contributed by atoms with Gasteiger partial charge in [0, 0.05) is 31.8 Å². The number of phenolic OH excluding ortho intramolecular Hbond substituents is 1. The number of aromatic hydroxyl groups is 1. The monoisotopic (exact) mass is 227 g/mol. The molecule has 0 aliphatic carbocycles. The van der Waals surface area contributed by atoms with Crippen LogP contribution in [0.5, 0.6) is 5.75 Å². The molecular formula is C7H7NO2Zr. The third-order valence-corrected chi connectivity index (χ3v) is 1.45. The van der Waals surface area contributed by atoms with Crippen molar-refractivity contribution in [1.82, 2.24) is 5.48 Å². The minimum Gasteiger partial charge on any atom is -0.508 e. The first kappa shape index (κ1) is 8.92. The van der Waals surface area contributed by atoms with Gasteiger partial charge in [0.2, 0.25) is 0 Å². The Labute approximate surface area is 83.5 Å². The topological polar surface area (TPSA) is 54.7 Å². The summed E-state index contributed by atoms with van der Waals surface area (Å²) in [4.78, 5) is 4.77. The van der Waals surface area contributed by atoms with E-state index < -0.39 is 0 Å². The Balaban J connectivity index is 0.000000605. The number of hydroxylamine groups is 1. The summed E-state index contributed by atoms with van der Waals surface area (Å²) in [5.74, 6) is 0.275. The summed E-state index contributed by atoms with van der Waals surface area (Å²) in [5, 5.41) is 9.20. The molecule has 1 saturated heterocycles. The van der Waals surface area contributed by atoms with Gasteiger partial charge in [0.25, 0.3) is 0 Å². The van der Waals surface area contributed by atoms with E-state index in [1.165, 1.54) is 0 Å². The molecule has 4 heteroatoms. The molecule has 0 aromatic heterocycles. The predicted octanol–water partition coefficient (Wildman–Crippen LogP) is 0.923. The molecule has 1 aromatic rings. The van der Waals surface area contributed by atoms with Crippen LogP contribution < -0.4 is 5.48 Å². The second-order valence-electron chi connectivity index (χ2n) is 2.17. The molecule has 0 bridgehead atoms. The molecule has 1 heterocycles. The Hall–Kier alpha value is -0.177. The molecule has 1 atom stereocenters. The van der Waals surface area contributed by atoms with Gasteiger partial charge in [-0.1, -0.05) is 18.2 Å². The van der Waals surface area contributed by atoms with Crippen molar-refractivity contribution in [2.45, 2.75) is 6.23 Å². The van der Waals surface area contributed by atoms with E-state index in [1.807, 2.05) is 12.1 Å². The van der Waals surface area contributed by atoms with Crippen molar-refractivity contribution in [3.63, 3.8) is 0 Å². The number of para-hydroxylation sites is 1. The summed E-state index contributed by atoms with van der Waals surface area (Å²) in [5.41, 5.74) is 3.43. The molecule has 56 valence electrons. The van der Waals surface area contributed by atoms with Crippen LogP contribution in [0.15, 0.2) is 24.3 Å². The normalized spacial score (nSPS) is 20.5. The molecule has 11 heavy (non-hydrogen) atoms. The van der Waals surface area contributed by atoms with Gasteiger partial charge in [0.1, 0.15) is 5.75 Å². The van der Waals surface area contributed by atoms with Gasteiger partial charge in [-0.25, -0.2) is 0 Å². The summed E-state index contributed by atoms with van der Waals surface area (Å²) in [6.07, 6.45) is -0.0961. The van der Waals surface area contributed by atoms with Gasteiger partial charge in [-0.2, -0.15) is 5.48 Å². The number of hydrogen-bond acceptors (Lipinski definition) is 3. The van der Waals surface area contributed by atoms with Crippen molar-refractivity contribution in [1.29, 1.82) is 0 Å². The molecule has 1 fully saturated rings. The molecule has 0 saturated carbocycles. The first-order valence-corrected chi connectivity index (χ1v) is 3.07. The summed E-state index contributed by atoms with van der Waals surface area (Å²) in [7, 11) is 0. The van der Waals surface area contributed by atoms with Crippen molar-refractivity contribution in [2.75, 3.05) is 0 Å². The fourth-order valence-electron chi connectivity index (χ4n) is 0.870. The van der Waals surface area contributed by atoms with Crippen LogP contribution in [0, 0.1) is 0 Å². The van der Waals surface area contributed by atoms with Crippen LogP contribution in [-0.2, 0) is 31.0 Å². The van der Waals surface area contributed by atoms with Crippen molar-refractivity contribution in [2.24, 2.45) is 0 Å². The summed E-state index contributed by atoms with van der Waals surface area (Å²) >= 11 is 0. The minimum atomic E-state index is -0.0961. The van der Waals surface area contributed by atoms with E-state index in [4.69, 9.17) is 4.84 Å². The van der Waals surface area contributed by atoms with Gasteiger partial charge in [0.15, 0.2) is 6.23 Å².